The van der Waals surface area contributed by atoms with E-state index in [1.165, 1.54) is 4.90 Å². The fourth-order valence-corrected chi connectivity index (χ4v) is 2.64. The van der Waals surface area contributed by atoms with Crippen molar-refractivity contribution < 1.29 is 24.0 Å². The van der Waals surface area contributed by atoms with Gasteiger partial charge in [0.25, 0.3) is 0 Å². The van der Waals surface area contributed by atoms with Gasteiger partial charge in [0, 0.05) is 18.5 Å². The van der Waals surface area contributed by atoms with Crippen molar-refractivity contribution in [3.8, 4) is 11.5 Å². The summed E-state index contributed by atoms with van der Waals surface area (Å²) in [4.78, 5) is 26.0. The lowest BCUT2D eigenvalue weighted by molar-refractivity contribution is -0.901. The van der Waals surface area contributed by atoms with Gasteiger partial charge in [0.1, 0.15) is 6.54 Å². The number of carbonyl (C=O) groups excluding carboxylic acids is 2. The zero-order chi connectivity index (χ0) is 17.0. The molecule has 1 aromatic rings. The Bertz CT molecular complexity index is 587. The molecule has 1 fully saturated rings. The Labute approximate surface area is 136 Å². The highest BCUT2D eigenvalue weighted by Crippen LogP contribution is 2.29. The summed E-state index contributed by atoms with van der Waals surface area (Å²) >= 11 is 0. The lowest BCUT2D eigenvalue weighted by atomic mass is 10.1. The second kappa shape index (κ2) is 7.32. The van der Waals surface area contributed by atoms with Gasteiger partial charge >= 0.3 is 6.03 Å². The van der Waals surface area contributed by atoms with E-state index in [0.717, 1.165) is 16.0 Å². The number of imide groups is 1. The number of aryl methyl sites for hydroxylation is 1. The van der Waals surface area contributed by atoms with Gasteiger partial charge in [0.2, 0.25) is 5.91 Å². The standard InChI is InChI=1S/C16H23N3O4/c1-11-7-13(22-3)14(23-4)8-12(11)9-18(2)10-19-15(20)5-6-17-16(19)21/h7-8H,5-6,9-10H2,1-4H3,(H,17,21)/p+1. The quantitative estimate of drug-likeness (QED) is 0.769. The number of benzene rings is 1. The SMILES string of the molecule is COc1cc(C)c(C[NH+](C)CN2C(=O)CCNC2=O)cc1OC. The number of quaternary nitrogens is 1. The van der Waals surface area contributed by atoms with E-state index in [1.807, 2.05) is 26.1 Å². The summed E-state index contributed by atoms with van der Waals surface area (Å²) in [6.07, 6.45) is 0.356. The predicted molar refractivity (Wildman–Crippen MR) is 84.6 cm³/mol. The van der Waals surface area contributed by atoms with Crippen LogP contribution in [0.25, 0.3) is 0 Å². The summed E-state index contributed by atoms with van der Waals surface area (Å²) in [5, 5.41) is 2.69. The van der Waals surface area contributed by atoms with Crippen LogP contribution in [0.1, 0.15) is 17.5 Å². The molecule has 0 spiro atoms. The topological polar surface area (TPSA) is 72.3 Å². The molecule has 23 heavy (non-hydrogen) atoms. The minimum absolute atomic E-state index is 0.128. The van der Waals surface area contributed by atoms with E-state index in [4.69, 9.17) is 9.47 Å². The number of amides is 3. The fraction of sp³-hybridized carbons (Fsp3) is 0.500. The summed E-state index contributed by atoms with van der Waals surface area (Å²) < 4.78 is 10.6. The molecule has 0 radical (unpaired) electrons. The number of methoxy groups -OCH3 is 2. The maximum atomic E-state index is 11.9. The van der Waals surface area contributed by atoms with E-state index in [0.29, 0.717) is 37.7 Å². The van der Waals surface area contributed by atoms with Crippen LogP contribution in [0.4, 0.5) is 4.79 Å². The second-order valence-corrected chi connectivity index (χ2v) is 5.73. The highest BCUT2D eigenvalue weighted by Gasteiger charge is 2.28. The van der Waals surface area contributed by atoms with E-state index in [1.54, 1.807) is 14.2 Å². The molecule has 1 aliphatic rings. The highest BCUT2D eigenvalue weighted by atomic mass is 16.5. The van der Waals surface area contributed by atoms with Crippen LogP contribution in [0.5, 0.6) is 11.5 Å². The van der Waals surface area contributed by atoms with Crippen molar-refractivity contribution in [1.82, 2.24) is 10.2 Å². The second-order valence-electron chi connectivity index (χ2n) is 5.73. The third-order valence-electron chi connectivity index (χ3n) is 3.92. The smallest absolute Gasteiger partial charge is 0.328 e. The average Bonchev–Trinajstić information content (AvgIpc) is 2.52. The van der Waals surface area contributed by atoms with E-state index in [2.05, 4.69) is 5.32 Å². The van der Waals surface area contributed by atoms with Crippen molar-refractivity contribution in [1.29, 1.82) is 0 Å². The third-order valence-corrected chi connectivity index (χ3v) is 3.92. The van der Waals surface area contributed by atoms with Crippen LogP contribution in [0.3, 0.4) is 0 Å². The molecule has 2 rings (SSSR count). The molecule has 0 aromatic heterocycles. The van der Waals surface area contributed by atoms with E-state index in [-0.39, 0.29) is 11.9 Å². The molecule has 0 aliphatic carbocycles. The van der Waals surface area contributed by atoms with Gasteiger partial charge in [-0.05, 0) is 24.6 Å². The molecule has 1 unspecified atom stereocenters. The summed E-state index contributed by atoms with van der Waals surface area (Å²) in [6, 6.07) is 3.56. The predicted octanol–water partition coefficient (Wildman–Crippen LogP) is -0.0737. The average molecular weight is 322 g/mol. The van der Waals surface area contributed by atoms with Crippen LogP contribution >= 0.6 is 0 Å². The van der Waals surface area contributed by atoms with Gasteiger partial charge in [0.15, 0.2) is 18.2 Å². The molecule has 3 amide bonds. The first kappa shape index (κ1) is 17.1. The molecule has 1 heterocycles. The normalized spacial score (nSPS) is 16.1. The maximum absolute atomic E-state index is 11.9. The van der Waals surface area contributed by atoms with Crippen molar-refractivity contribution in [2.45, 2.75) is 19.9 Å². The highest BCUT2D eigenvalue weighted by molar-refractivity contribution is 5.96. The molecule has 126 valence electrons. The third kappa shape index (κ3) is 3.92. The zero-order valence-corrected chi connectivity index (χ0v) is 14.1. The van der Waals surface area contributed by atoms with Gasteiger partial charge < -0.3 is 19.7 Å². The molecular weight excluding hydrogens is 298 g/mol. The Morgan fingerprint density at radius 1 is 1.22 bits per heavy atom. The number of rotatable bonds is 6. The lowest BCUT2D eigenvalue weighted by Crippen LogP contribution is -3.09. The number of hydrogen-bond acceptors (Lipinski definition) is 4. The van der Waals surface area contributed by atoms with Crippen molar-refractivity contribution in [2.24, 2.45) is 0 Å². The van der Waals surface area contributed by atoms with Crippen molar-refractivity contribution in [3.05, 3.63) is 23.3 Å². The molecule has 0 saturated carbocycles. The Morgan fingerprint density at radius 2 is 1.87 bits per heavy atom. The molecule has 7 nitrogen and oxygen atoms in total. The zero-order valence-electron chi connectivity index (χ0n) is 14.1. The molecule has 2 N–H and O–H groups in total. The van der Waals surface area contributed by atoms with Crippen LogP contribution in [-0.2, 0) is 11.3 Å². The monoisotopic (exact) mass is 322 g/mol. The Morgan fingerprint density at radius 3 is 2.48 bits per heavy atom. The number of hydrogen-bond donors (Lipinski definition) is 2. The van der Waals surface area contributed by atoms with Gasteiger partial charge in [0.05, 0.1) is 21.3 Å². The maximum Gasteiger partial charge on any atom is 0.328 e. The number of nitrogens with zero attached hydrogens (tertiary/aromatic N) is 1. The number of nitrogens with one attached hydrogen (secondary N) is 2. The first-order valence-corrected chi connectivity index (χ1v) is 7.57. The summed E-state index contributed by atoms with van der Waals surface area (Å²) in [5.74, 6) is 1.24. The first-order chi connectivity index (χ1) is 11.0. The van der Waals surface area contributed by atoms with E-state index < -0.39 is 0 Å². The van der Waals surface area contributed by atoms with Crippen LogP contribution < -0.4 is 19.7 Å². The first-order valence-electron chi connectivity index (χ1n) is 7.57. The van der Waals surface area contributed by atoms with Gasteiger partial charge in [-0.25, -0.2) is 9.69 Å². The molecule has 1 aromatic carbocycles. The molecule has 1 atom stereocenters. The van der Waals surface area contributed by atoms with Gasteiger partial charge in [-0.2, -0.15) is 0 Å². The summed E-state index contributed by atoms with van der Waals surface area (Å²) in [5.41, 5.74) is 2.17. The number of ether oxygens (including phenoxy) is 2. The Balaban J connectivity index is 2.09. The minimum atomic E-state index is -0.315. The summed E-state index contributed by atoms with van der Waals surface area (Å²) in [6.45, 7) is 3.42. The number of carbonyl (C=O) groups is 2. The Kier molecular flexibility index (Phi) is 5.44. The number of urea groups is 1. The lowest BCUT2D eigenvalue weighted by Gasteiger charge is -2.28. The Hall–Kier alpha value is -2.28. The van der Waals surface area contributed by atoms with E-state index in [9.17, 15) is 9.59 Å². The van der Waals surface area contributed by atoms with Crippen molar-refractivity contribution >= 4 is 11.9 Å². The molecule has 1 saturated heterocycles. The fourth-order valence-electron chi connectivity index (χ4n) is 2.64. The largest absolute Gasteiger partial charge is 0.493 e. The van der Waals surface area contributed by atoms with Gasteiger partial charge in [-0.1, -0.05) is 0 Å². The van der Waals surface area contributed by atoms with E-state index >= 15 is 0 Å². The van der Waals surface area contributed by atoms with Crippen LogP contribution in [0.2, 0.25) is 0 Å². The van der Waals surface area contributed by atoms with Crippen molar-refractivity contribution in [2.75, 3.05) is 34.5 Å². The van der Waals surface area contributed by atoms with Crippen LogP contribution in [0.15, 0.2) is 12.1 Å². The van der Waals surface area contributed by atoms with Gasteiger partial charge in [-0.3, -0.25) is 4.79 Å². The molecule has 0 bridgehead atoms. The molecular formula is C16H24N3O4+. The van der Waals surface area contributed by atoms with Gasteiger partial charge in [-0.15, -0.1) is 0 Å². The van der Waals surface area contributed by atoms with Crippen LogP contribution in [-0.4, -0.2) is 51.3 Å². The minimum Gasteiger partial charge on any atom is -0.493 e. The summed E-state index contributed by atoms with van der Waals surface area (Å²) in [7, 11) is 5.16. The van der Waals surface area contributed by atoms with Crippen LogP contribution in [0, 0.1) is 6.92 Å². The van der Waals surface area contributed by atoms with Crippen molar-refractivity contribution in [3.63, 3.8) is 0 Å². The molecule has 1 aliphatic heterocycles. The molecule has 7 heteroatoms.